The molecule has 0 saturated carbocycles. The summed E-state index contributed by atoms with van der Waals surface area (Å²) in [4.78, 5) is 2.00. The molecule has 1 N–H and O–H groups in total. The molecule has 0 aromatic heterocycles. The predicted molar refractivity (Wildman–Crippen MR) is 80.0 cm³/mol. The molecular weight excluding hydrogens is 301 g/mol. The van der Waals surface area contributed by atoms with E-state index in [1.807, 2.05) is 4.90 Å². The number of alkyl halides is 3. The summed E-state index contributed by atoms with van der Waals surface area (Å²) in [5.41, 5.74) is -0.159. The molecule has 0 spiro atoms. The second kappa shape index (κ2) is 6.88. The molecule has 0 aliphatic carbocycles. The van der Waals surface area contributed by atoms with Crippen LogP contribution in [0.2, 0.25) is 5.02 Å². The zero-order valence-electron chi connectivity index (χ0n) is 12.0. The molecule has 1 aromatic carbocycles. The molecule has 0 amide bonds. The standard InChI is InChI=1S/C15H20ClF3N2/c1-2-7-20-11-5-8-21(9-6-11)12-3-4-14(16)13(10-12)15(17,18)19/h3-4,10-11,20H,2,5-9H2,1H3. The highest BCUT2D eigenvalue weighted by Gasteiger charge is 2.34. The van der Waals surface area contributed by atoms with Crippen molar-refractivity contribution >= 4 is 17.3 Å². The lowest BCUT2D eigenvalue weighted by Crippen LogP contribution is -2.42. The van der Waals surface area contributed by atoms with Crippen LogP contribution in [-0.4, -0.2) is 25.7 Å². The third-order valence-corrected chi connectivity index (χ3v) is 4.13. The molecule has 0 radical (unpaired) electrons. The lowest BCUT2D eigenvalue weighted by atomic mass is 10.0. The fraction of sp³-hybridized carbons (Fsp3) is 0.600. The Hall–Kier alpha value is -0.940. The van der Waals surface area contributed by atoms with E-state index in [4.69, 9.17) is 11.6 Å². The van der Waals surface area contributed by atoms with Crippen molar-refractivity contribution in [1.82, 2.24) is 5.32 Å². The van der Waals surface area contributed by atoms with Gasteiger partial charge in [0.05, 0.1) is 10.6 Å². The molecule has 2 rings (SSSR count). The van der Waals surface area contributed by atoms with Crippen LogP contribution < -0.4 is 10.2 Å². The van der Waals surface area contributed by atoms with Gasteiger partial charge in [-0.3, -0.25) is 0 Å². The number of nitrogens with one attached hydrogen (secondary N) is 1. The van der Waals surface area contributed by atoms with Crippen molar-refractivity contribution in [3.8, 4) is 0 Å². The highest BCUT2D eigenvalue weighted by Crippen LogP contribution is 2.37. The van der Waals surface area contributed by atoms with Gasteiger partial charge in [-0.2, -0.15) is 13.2 Å². The van der Waals surface area contributed by atoms with Gasteiger partial charge in [0.2, 0.25) is 0 Å². The zero-order chi connectivity index (χ0) is 15.5. The Bertz CT molecular complexity index is 468. The topological polar surface area (TPSA) is 15.3 Å². The summed E-state index contributed by atoms with van der Waals surface area (Å²) >= 11 is 5.65. The summed E-state index contributed by atoms with van der Waals surface area (Å²) in [7, 11) is 0. The third kappa shape index (κ3) is 4.27. The first-order chi connectivity index (χ1) is 9.91. The van der Waals surface area contributed by atoms with Gasteiger partial charge in [-0.25, -0.2) is 0 Å². The smallest absolute Gasteiger partial charge is 0.371 e. The van der Waals surface area contributed by atoms with E-state index in [9.17, 15) is 13.2 Å². The van der Waals surface area contributed by atoms with Gasteiger partial charge in [0.25, 0.3) is 0 Å². The molecule has 1 aromatic rings. The quantitative estimate of drug-likeness (QED) is 0.888. The fourth-order valence-corrected chi connectivity index (χ4v) is 2.84. The van der Waals surface area contributed by atoms with E-state index in [-0.39, 0.29) is 5.02 Å². The van der Waals surface area contributed by atoms with E-state index in [1.54, 1.807) is 6.07 Å². The SMILES string of the molecule is CCCNC1CCN(c2ccc(Cl)c(C(F)(F)F)c2)CC1. The van der Waals surface area contributed by atoms with Crippen LogP contribution in [0.5, 0.6) is 0 Å². The van der Waals surface area contributed by atoms with Crippen molar-refractivity contribution in [1.29, 1.82) is 0 Å². The van der Waals surface area contributed by atoms with Gasteiger partial charge in [-0.1, -0.05) is 18.5 Å². The van der Waals surface area contributed by atoms with Crippen LogP contribution in [0.15, 0.2) is 18.2 Å². The molecule has 118 valence electrons. The maximum atomic E-state index is 12.9. The summed E-state index contributed by atoms with van der Waals surface area (Å²) in [6, 6.07) is 4.62. The average molecular weight is 321 g/mol. The Kier molecular flexibility index (Phi) is 5.38. The molecule has 6 heteroatoms. The Morgan fingerprint density at radius 3 is 2.52 bits per heavy atom. The van der Waals surface area contributed by atoms with Crippen LogP contribution in [0.3, 0.4) is 0 Å². The number of halogens is 4. The molecule has 1 aliphatic heterocycles. The summed E-state index contributed by atoms with van der Waals surface area (Å²) < 4.78 is 38.7. The Morgan fingerprint density at radius 1 is 1.29 bits per heavy atom. The monoisotopic (exact) mass is 320 g/mol. The van der Waals surface area contributed by atoms with E-state index in [1.165, 1.54) is 6.07 Å². The normalized spacial score (nSPS) is 17.3. The number of hydrogen-bond acceptors (Lipinski definition) is 2. The Balaban J connectivity index is 2.04. The van der Waals surface area contributed by atoms with E-state index >= 15 is 0 Å². The lowest BCUT2D eigenvalue weighted by molar-refractivity contribution is -0.137. The number of piperidine rings is 1. The van der Waals surface area contributed by atoms with Gasteiger partial charge in [-0.05, 0) is 44.0 Å². The van der Waals surface area contributed by atoms with Crippen molar-refractivity contribution in [2.24, 2.45) is 0 Å². The largest absolute Gasteiger partial charge is 0.417 e. The number of hydrogen-bond donors (Lipinski definition) is 1. The summed E-state index contributed by atoms with van der Waals surface area (Å²) in [5.74, 6) is 0. The van der Waals surface area contributed by atoms with Gasteiger partial charge in [0.15, 0.2) is 0 Å². The van der Waals surface area contributed by atoms with Gasteiger partial charge in [-0.15, -0.1) is 0 Å². The molecule has 1 heterocycles. The second-order valence-corrected chi connectivity index (χ2v) is 5.78. The molecule has 0 atom stereocenters. The number of rotatable bonds is 4. The minimum atomic E-state index is -4.41. The van der Waals surface area contributed by atoms with Crippen LogP contribution in [-0.2, 0) is 6.18 Å². The van der Waals surface area contributed by atoms with Crippen molar-refractivity contribution < 1.29 is 13.2 Å². The second-order valence-electron chi connectivity index (χ2n) is 5.38. The lowest BCUT2D eigenvalue weighted by Gasteiger charge is -2.34. The number of benzene rings is 1. The van der Waals surface area contributed by atoms with Gasteiger partial charge in [0, 0.05) is 24.8 Å². The summed E-state index contributed by atoms with van der Waals surface area (Å²) in [6.07, 6.45) is -1.42. The van der Waals surface area contributed by atoms with Crippen molar-refractivity contribution in [2.45, 2.75) is 38.4 Å². The fourth-order valence-electron chi connectivity index (χ4n) is 2.62. The minimum Gasteiger partial charge on any atom is -0.371 e. The van der Waals surface area contributed by atoms with Crippen molar-refractivity contribution in [2.75, 3.05) is 24.5 Å². The van der Waals surface area contributed by atoms with Crippen LogP contribution in [0.1, 0.15) is 31.7 Å². The Morgan fingerprint density at radius 2 is 1.95 bits per heavy atom. The molecule has 2 nitrogen and oxygen atoms in total. The minimum absolute atomic E-state index is 0.245. The number of nitrogens with zero attached hydrogens (tertiary/aromatic N) is 1. The van der Waals surface area contributed by atoms with E-state index in [2.05, 4.69) is 12.2 Å². The van der Waals surface area contributed by atoms with Gasteiger partial charge < -0.3 is 10.2 Å². The molecule has 1 fully saturated rings. The predicted octanol–water partition coefficient (Wildman–Crippen LogP) is 4.33. The van der Waals surface area contributed by atoms with E-state index < -0.39 is 11.7 Å². The third-order valence-electron chi connectivity index (χ3n) is 3.80. The highest BCUT2D eigenvalue weighted by molar-refractivity contribution is 6.31. The highest BCUT2D eigenvalue weighted by atomic mass is 35.5. The van der Waals surface area contributed by atoms with Crippen molar-refractivity contribution in [3.05, 3.63) is 28.8 Å². The van der Waals surface area contributed by atoms with Crippen LogP contribution >= 0.6 is 11.6 Å². The van der Waals surface area contributed by atoms with Crippen LogP contribution in [0, 0.1) is 0 Å². The zero-order valence-corrected chi connectivity index (χ0v) is 12.8. The maximum absolute atomic E-state index is 12.9. The summed E-state index contributed by atoms with van der Waals surface area (Å²) in [6.45, 7) is 4.64. The van der Waals surface area contributed by atoms with Crippen molar-refractivity contribution in [3.63, 3.8) is 0 Å². The summed E-state index contributed by atoms with van der Waals surface area (Å²) in [5, 5.41) is 3.22. The first-order valence-electron chi connectivity index (χ1n) is 7.27. The molecule has 1 aliphatic rings. The van der Waals surface area contributed by atoms with Crippen LogP contribution in [0.25, 0.3) is 0 Å². The first kappa shape index (κ1) is 16.4. The van der Waals surface area contributed by atoms with Gasteiger partial charge >= 0.3 is 6.18 Å². The molecule has 0 bridgehead atoms. The molecule has 1 saturated heterocycles. The van der Waals surface area contributed by atoms with E-state index in [0.717, 1.165) is 45.0 Å². The number of anilines is 1. The van der Waals surface area contributed by atoms with Crippen LogP contribution in [0.4, 0.5) is 18.9 Å². The van der Waals surface area contributed by atoms with E-state index in [0.29, 0.717) is 11.7 Å². The maximum Gasteiger partial charge on any atom is 0.417 e. The average Bonchev–Trinajstić information content (AvgIpc) is 2.45. The molecular formula is C15H20ClF3N2. The molecule has 21 heavy (non-hydrogen) atoms. The van der Waals surface area contributed by atoms with Gasteiger partial charge in [0.1, 0.15) is 0 Å². The Labute approximate surface area is 128 Å². The first-order valence-corrected chi connectivity index (χ1v) is 7.64. The molecule has 0 unspecified atom stereocenters.